The van der Waals surface area contributed by atoms with Gasteiger partial charge in [0, 0.05) is 44.4 Å². The monoisotopic (exact) mass is 436 g/mol. The molecule has 32 heavy (non-hydrogen) atoms. The number of halogens is 2. The molecule has 0 aromatic heterocycles. The summed E-state index contributed by atoms with van der Waals surface area (Å²) in [6.45, 7) is 6.05. The molecule has 1 aliphatic heterocycles. The zero-order valence-corrected chi connectivity index (χ0v) is 18.1. The molecule has 1 saturated heterocycles. The Morgan fingerprint density at radius 1 is 0.906 bits per heavy atom. The minimum absolute atomic E-state index is 0.0187. The lowest BCUT2D eigenvalue weighted by atomic mass is 10.1. The maximum Gasteiger partial charge on any atom is 0.253 e. The van der Waals surface area contributed by atoms with E-state index in [1.54, 1.807) is 18.2 Å². The Kier molecular flexibility index (Phi) is 6.81. The lowest BCUT2D eigenvalue weighted by molar-refractivity contribution is 0.0628. The van der Waals surface area contributed by atoms with Crippen LogP contribution in [0, 0.1) is 18.6 Å². The van der Waals surface area contributed by atoms with Crippen LogP contribution in [0.15, 0.2) is 66.7 Å². The molecule has 3 aromatic rings. The minimum atomic E-state index is -0.749. The van der Waals surface area contributed by atoms with Crippen molar-refractivity contribution in [2.45, 2.75) is 20.1 Å². The van der Waals surface area contributed by atoms with E-state index >= 15 is 0 Å². The summed E-state index contributed by atoms with van der Waals surface area (Å²) < 4.78 is 32.3. The maximum atomic E-state index is 13.8. The van der Waals surface area contributed by atoms with Gasteiger partial charge in [0.15, 0.2) is 11.6 Å². The molecule has 1 amide bonds. The standard InChI is InChI=1S/C26H26F2N2O2/c1-19-5-7-20(8-6-19)17-29-11-13-30(14-12-29)26(31)22-4-2-3-21(15-22)18-32-25-10-9-23(27)16-24(25)28/h2-10,15-16H,11-14,17-18H2,1H3. The zero-order valence-electron chi connectivity index (χ0n) is 18.1. The summed E-state index contributed by atoms with van der Waals surface area (Å²) >= 11 is 0. The van der Waals surface area contributed by atoms with Crippen molar-refractivity contribution in [3.8, 4) is 5.75 Å². The molecule has 166 valence electrons. The predicted octanol–water partition coefficient (Wildman–Crippen LogP) is 4.81. The number of hydrogen-bond acceptors (Lipinski definition) is 3. The van der Waals surface area contributed by atoms with Gasteiger partial charge in [0.25, 0.3) is 5.91 Å². The van der Waals surface area contributed by atoms with Crippen LogP contribution in [0.3, 0.4) is 0 Å². The number of carbonyl (C=O) groups is 1. The minimum Gasteiger partial charge on any atom is -0.486 e. The van der Waals surface area contributed by atoms with Crippen molar-refractivity contribution < 1.29 is 18.3 Å². The highest BCUT2D eigenvalue weighted by atomic mass is 19.1. The number of hydrogen-bond donors (Lipinski definition) is 0. The number of aryl methyl sites for hydroxylation is 1. The Labute approximate surface area is 187 Å². The maximum absolute atomic E-state index is 13.8. The average Bonchev–Trinajstić information content (AvgIpc) is 2.80. The van der Waals surface area contributed by atoms with Crippen molar-refractivity contribution in [2.75, 3.05) is 26.2 Å². The van der Waals surface area contributed by atoms with E-state index in [1.807, 2.05) is 11.0 Å². The van der Waals surface area contributed by atoms with Gasteiger partial charge in [0.2, 0.25) is 0 Å². The molecular weight excluding hydrogens is 410 g/mol. The molecule has 1 fully saturated rings. The summed E-state index contributed by atoms with van der Waals surface area (Å²) in [6, 6.07) is 18.9. The fourth-order valence-electron chi connectivity index (χ4n) is 3.79. The molecule has 3 aromatic carbocycles. The highest BCUT2D eigenvalue weighted by molar-refractivity contribution is 5.94. The second-order valence-corrected chi connectivity index (χ2v) is 8.12. The number of rotatable bonds is 6. The summed E-state index contributed by atoms with van der Waals surface area (Å²) in [5.74, 6) is -1.44. The normalized spacial score (nSPS) is 14.4. The molecule has 1 aliphatic rings. The molecule has 0 unspecified atom stereocenters. The number of nitrogens with zero attached hydrogens (tertiary/aromatic N) is 2. The summed E-state index contributed by atoms with van der Waals surface area (Å²) in [5.41, 5.74) is 3.86. The van der Waals surface area contributed by atoms with E-state index in [0.29, 0.717) is 18.7 Å². The predicted molar refractivity (Wildman–Crippen MR) is 119 cm³/mol. The smallest absolute Gasteiger partial charge is 0.253 e. The molecule has 0 bridgehead atoms. The van der Waals surface area contributed by atoms with Gasteiger partial charge in [-0.2, -0.15) is 0 Å². The van der Waals surface area contributed by atoms with Crippen LogP contribution in [0.2, 0.25) is 0 Å². The summed E-state index contributed by atoms with van der Waals surface area (Å²) in [4.78, 5) is 17.2. The largest absolute Gasteiger partial charge is 0.486 e. The SMILES string of the molecule is Cc1ccc(CN2CCN(C(=O)c3cccc(COc4ccc(F)cc4F)c3)CC2)cc1. The van der Waals surface area contributed by atoms with Crippen molar-refractivity contribution in [3.05, 3.63) is 101 Å². The first kappa shape index (κ1) is 22.0. The molecule has 0 saturated carbocycles. The second-order valence-electron chi connectivity index (χ2n) is 8.12. The van der Waals surface area contributed by atoms with Gasteiger partial charge in [-0.1, -0.05) is 42.0 Å². The van der Waals surface area contributed by atoms with Crippen LogP contribution in [-0.4, -0.2) is 41.9 Å². The summed E-state index contributed by atoms with van der Waals surface area (Å²) in [5, 5.41) is 0. The van der Waals surface area contributed by atoms with Gasteiger partial charge < -0.3 is 9.64 Å². The fraction of sp³-hybridized carbons (Fsp3) is 0.269. The van der Waals surface area contributed by atoms with E-state index in [-0.39, 0.29) is 18.3 Å². The van der Waals surface area contributed by atoms with Gasteiger partial charge in [-0.15, -0.1) is 0 Å². The summed E-state index contributed by atoms with van der Waals surface area (Å²) in [6.07, 6.45) is 0. The topological polar surface area (TPSA) is 32.8 Å². The fourth-order valence-corrected chi connectivity index (χ4v) is 3.79. The third-order valence-corrected chi connectivity index (χ3v) is 5.65. The first-order valence-electron chi connectivity index (χ1n) is 10.7. The Morgan fingerprint density at radius 2 is 1.66 bits per heavy atom. The van der Waals surface area contributed by atoms with Crippen molar-refractivity contribution in [1.29, 1.82) is 0 Å². The molecule has 4 rings (SSSR count). The van der Waals surface area contributed by atoms with Crippen molar-refractivity contribution >= 4 is 5.91 Å². The number of piperazine rings is 1. The lowest BCUT2D eigenvalue weighted by Gasteiger charge is -2.35. The van der Waals surface area contributed by atoms with Gasteiger partial charge >= 0.3 is 0 Å². The average molecular weight is 437 g/mol. The number of ether oxygens (including phenoxy) is 1. The second kappa shape index (κ2) is 9.92. The van der Waals surface area contributed by atoms with Gasteiger partial charge in [0.1, 0.15) is 12.4 Å². The van der Waals surface area contributed by atoms with E-state index in [1.165, 1.54) is 17.2 Å². The highest BCUT2D eigenvalue weighted by Crippen LogP contribution is 2.20. The van der Waals surface area contributed by atoms with E-state index in [0.717, 1.165) is 37.3 Å². The Hall–Kier alpha value is -3.25. The van der Waals surface area contributed by atoms with Gasteiger partial charge in [-0.05, 0) is 42.3 Å². The van der Waals surface area contributed by atoms with Crippen LogP contribution in [0.1, 0.15) is 27.0 Å². The van der Waals surface area contributed by atoms with Gasteiger partial charge in [0.05, 0.1) is 0 Å². The van der Waals surface area contributed by atoms with E-state index in [2.05, 4.69) is 36.1 Å². The molecule has 0 radical (unpaired) electrons. The van der Waals surface area contributed by atoms with Crippen LogP contribution in [0.25, 0.3) is 0 Å². The molecule has 0 aliphatic carbocycles. The lowest BCUT2D eigenvalue weighted by Crippen LogP contribution is -2.48. The molecule has 0 N–H and O–H groups in total. The molecular formula is C26H26F2N2O2. The van der Waals surface area contributed by atoms with Crippen molar-refractivity contribution in [3.63, 3.8) is 0 Å². The van der Waals surface area contributed by atoms with E-state index in [9.17, 15) is 13.6 Å². The van der Waals surface area contributed by atoms with Crippen LogP contribution in [0.4, 0.5) is 8.78 Å². The third kappa shape index (κ3) is 5.51. The van der Waals surface area contributed by atoms with Crippen LogP contribution < -0.4 is 4.74 Å². The van der Waals surface area contributed by atoms with Crippen molar-refractivity contribution in [1.82, 2.24) is 9.80 Å². The third-order valence-electron chi connectivity index (χ3n) is 5.65. The summed E-state index contributed by atoms with van der Waals surface area (Å²) in [7, 11) is 0. The van der Waals surface area contributed by atoms with Crippen LogP contribution in [0.5, 0.6) is 5.75 Å². The highest BCUT2D eigenvalue weighted by Gasteiger charge is 2.22. The Bertz CT molecular complexity index is 1080. The van der Waals surface area contributed by atoms with E-state index < -0.39 is 11.6 Å². The van der Waals surface area contributed by atoms with Gasteiger partial charge in [-0.25, -0.2) is 8.78 Å². The van der Waals surface area contributed by atoms with Crippen LogP contribution in [-0.2, 0) is 13.2 Å². The van der Waals surface area contributed by atoms with Crippen molar-refractivity contribution in [2.24, 2.45) is 0 Å². The molecule has 0 atom stereocenters. The molecule has 6 heteroatoms. The number of carbonyl (C=O) groups excluding carboxylic acids is 1. The molecule has 1 heterocycles. The first-order chi connectivity index (χ1) is 15.5. The first-order valence-corrected chi connectivity index (χ1v) is 10.7. The quantitative estimate of drug-likeness (QED) is 0.556. The number of amides is 1. The van der Waals surface area contributed by atoms with E-state index in [4.69, 9.17) is 4.74 Å². The molecule has 4 nitrogen and oxygen atoms in total. The molecule has 0 spiro atoms. The number of benzene rings is 3. The van der Waals surface area contributed by atoms with Gasteiger partial charge in [-0.3, -0.25) is 9.69 Å². The Balaban J connectivity index is 1.32. The Morgan fingerprint density at radius 3 is 2.38 bits per heavy atom. The zero-order chi connectivity index (χ0) is 22.5. The van der Waals surface area contributed by atoms with Crippen LogP contribution >= 0.6 is 0 Å².